The van der Waals surface area contributed by atoms with Crippen LogP contribution in [0.25, 0.3) is 16.5 Å². The number of carbonyl (C=O) groups is 2. The smallest absolute Gasteiger partial charge is 0.371 e. The van der Waals surface area contributed by atoms with Gasteiger partial charge in [0.1, 0.15) is 17.1 Å². The van der Waals surface area contributed by atoms with Gasteiger partial charge < -0.3 is 24.3 Å². The number of carboxylic acid groups (broad SMARTS) is 1. The van der Waals surface area contributed by atoms with Crippen LogP contribution in [0.4, 0.5) is 5.69 Å². The van der Waals surface area contributed by atoms with Crippen LogP contribution in [-0.4, -0.2) is 30.7 Å². The van der Waals surface area contributed by atoms with Crippen molar-refractivity contribution in [1.29, 1.82) is 0 Å². The van der Waals surface area contributed by atoms with Crippen molar-refractivity contribution in [3.8, 4) is 11.5 Å². The van der Waals surface area contributed by atoms with Gasteiger partial charge in [0.05, 0.1) is 13.7 Å². The number of hydrogen-bond donors (Lipinski definition) is 2. The van der Waals surface area contributed by atoms with Gasteiger partial charge in [0, 0.05) is 27.6 Å². The Labute approximate surface area is 172 Å². The highest BCUT2D eigenvalue weighted by atomic mass is 16.5. The van der Waals surface area contributed by atoms with Gasteiger partial charge in [-0.25, -0.2) is 4.79 Å². The molecule has 4 rings (SSSR count). The lowest BCUT2D eigenvalue weighted by molar-refractivity contribution is -0.111. The van der Waals surface area contributed by atoms with Crippen molar-refractivity contribution in [3.05, 3.63) is 59.9 Å². The summed E-state index contributed by atoms with van der Waals surface area (Å²) in [5, 5.41) is 12.6. The second-order valence-corrected chi connectivity index (χ2v) is 7.82. The van der Waals surface area contributed by atoms with Crippen LogP contribution in [0.1, 0.15) is 30.0 Å². The molecule has 154 valence electrons. The highest BCUT2D eigenvalue weighted by molar-refractivity contribution is 6.26. The molecular weight excluding hydrogens is 386 g/mol. The van der Waals surface area contributed by atoms with Crippen LogP contribution in [0, 0.1) is 5.41 Å². The molecule has 3 aromatic rings. The van der Waals surface area contributed by atoms with E-state index in [1.54, 1.807) is 43.5 Å². The molecule has 1 aliphatic rings. The highest BCUT2D eigenvalue weighted by Crippen LogP contribution is 2.37. The predicted molar refractivity (Wildman–Crippen MR) is 112 cm³/mol. The van der Waals surface area contributed by atoms with E-state index in [-0.39, 0.29) is 17.1 Å². The van der Waals surface area contributed by atoms with Gasteiger partial charge in [-0.1, -0.05) is 19.9 Å². The summed E-state index contributed by atoms with van der Waals surface area (Å²) in [5.41, 5.74) is 1.73. The van der Waals surface area contributed by atoms with Crippen molar-refractivity contribution >= 4 is 34.1 Å². The number of amides is 1. The van der Waals surface area contributed by atoms with E-state index in [1.807, 2.05) is 19.9 Å². The maximum Gasteiger partial charge on any atom is 0.371 e. The zero-order chi connectivity index (χ0) is 21.5. The van der Waals surface area contributed by atoms with Gasteiger partial charge in [-0.2, -0.15) is 0 Å². The predicted octanol–water partition coefficient (Wildman–Crippen LogP) is 4.58. The second-order valence-electron chi connectivity index (χ2n) is 7.82. The molecule has 0 radical (unpaired) electrons. The van der Waals surface area contributed by atoms with E-state index in [0.29, 0.717) is 45.9 Å². The molecule has 0 bridgehead atoms. The highest BCUT2D eigenvalue weighted by Gasteiger charge is 2.28. The third-order valence-electron chi connectivity index (χ3n) is 4.84. The third-order valence-corrected chi connectivity index (χ3v) is 4.84. The first-order valence-corrected chi connectivity index (χ1v) is 9.38. The van der Waals surface area contributed by atoms with Gasteiger partial charge in [-0.15, -0.1) is 0 Å². The average Bonchev–Trinajstić information content (AvgIpc) is 3.08. The minimum Gasteiger partial charge on any atom is -0.497 e. The van der Waals surface area contributed by atoms with Crippen molar-refractivity contribution in [1.82, 2.24) is 0 Å². The van der Waals surface area contributed by atoms with E-state index in [0.717, 1.165) is 0 Å². The lowest BCUT2D eigenvalue weighted by Crippen LogP contribution is -2.19. The quantitative estimate of drug-likeness (QED) is 0.657. The molecule has 7 nitrogen and oxygen atoms in total. The van der Waals surface area contributed by atoms with E-state index in [2.05, 4.69) is 5.32 Å². The van der Waals surface area contributed by atoms with Crippen LogP contribution in [0.2, 0.25) is 0 Å². The molecule has 0 atom stereocenters. The largest absolute Gasteiger partial charge is 0.497 e. The SMILES string of the molecule is COc1ccc2c(c1)C(C(=O)Nc1ccc3oc(C(=O)O)cc3c1)=CC(C)(C)CO2. The minimum absolute atomic E-state index is 0.153. The monoisotopic (exact) mass is 407 g/mol. The van der Waals surface area contributed by atoms with Crippen molar-refractivity contribution in [2.75, 3.05) is 19.0 Å². The number of fused-ring (bicyclic) bond motifs is 2. The van der Waals surface area contributed by atoms with Crippen molar-refractivity contribution in [2.24, 2.45) is 5.41 Å². The lowest BCUT2D eigenvalue weighted by Gasteiger charge is -2.18. The number of furan rings is 1. The van der Waals surface area contributed by atoms with E-state index in [9.17, 15) is 9.59 Å². The summed E-state index contributed by atoms with van der Waals surface area (Å²) in [5.74, 6) is -0.367. The van der Waals surface area contributed by atoms with Crippen LogP contribution in [-0.2, 0) is 4.79 Å². The number of carboxylic acids is 1. The molecule has 0 aliphatic carbocycles. The van der Waals surface area contributed by atoms with Gasteiger partial charge in [-0.05, 0) is 42.5 Å². The first-order chi connectivity index (χ1) is 14.3. The molecule has 7 heteroatoms. The average molecular weight is 407 g/mol. The number of nitrogens with one attached hydrogen (secondary N) is 1. The van der Waals surface area contributed by atoms with Crippen molar-refractivity contribution in [3.63, 3.8) is 0 Å². The number of anilines is 1. The van der Waals surface area contributed by atoms with E-state index in [4.69, 9.17) is 19.0 Å². The fourth-order valence-electron chi connectivity index (χ4n) is 3.36. The van der Waals surface area contributed by atoms with E-state index >= 15 is 0 Å². The minimum atomic E-state index is -1.15. The van der Waals surface area contributed by atoms with Crippen LogP contribution in [0.5, 0.6) is 11.5 Å². The normalized spacial score (nSPS) is 14.8. The van der Waals surface area contributed by atoms with Gasteiger partial charge >= 0.3 is 5.97 Å². The molecule has 30 heavy (non-hydrogen) atoms. The van der Waals surface area contributed by atoms with Crippen molar-refractivity contribution in [2.45, 2.75) is 13.8 Å². The molecule has 0 saturated carbocycles. The number of hydrogen-bond acceptors (Lipinski definition) is 5. The standard InChI is InChI=1S/C23H21NO6/c1-23(2)11-17(16-10-15(28-3)5-7-19(16)29-12-23)21(25)24-14-4-6-18-13(8-14)9-20(30-18)22(26)27/h4-11H,12H2,1-3H3,(H,24,25)(H,26,27). The molecular formula is C23H21NO6. The fourth-order valence-corrected chi connectivity index (χ4v) is 3.36. The van der Waals surface area contributed by atoms with Crippen LogP contribution >= 0.6 is 0 Å². The Balaban J connectivity index is 1.70. The molecule has 2 heterocycles. The Morgan fingerprint density at radius 1 is 1.13 bits per heavy atom. The summed E-state index contributed by atoms with van der Waals surface area (Å²) in [6.45, 7) is 4.42. The summed E-state index contributed by atoms with van der Waals surface area (Å²) in [6, 6.07) is 11.8. The molecule has 1 aromatic heterocycles. The topological polar surface area (TPSA) is 98.0 Å². The Bertz CT molecular complexity index is 1190. The number of benzene rings is 2. The Kier molecular flexibility index (Phi) is 4.73. The Morgan fingerprint density at radius 3 is 2.67 bits per heavy atom. The Hall–Kier alpha value is -3.74. The summed E-state index contributed by atoms with van der Waals surface area (Å²) < 4.78 is 16.5. The van der Waals surface area contributed by atoms with Crippen LogP contribution in [0.3, 0.4) is 0 Å². The van der Waals surface area contributed by atoms with Crippen LogP contribution < -0.4 is 14.8 Å². The van der Waals surface area contributed by atoms with Gasteiger partial charge in [0.15, 0.2) is 0 Å². The van der Waals surface area contributed by atoms with E-state index < -0.39 is 5.97 Å². The first-order valence-electron chi connectivity index (χ1n) is 9.38. The summed E-state index contributed by atoms with van der Waals surface area (Å²) in [4.78, 5) is 24.3. The molecule has 0 saturated heterocycles. The zero-order valence-corrected chi connectivity index (χ0v) is 16.8. The van der Waals surface area contributed by atoms with Crippen molar-refractivity contribution < 1.29 is 28.6 Å². The second kappa shape index (κ2) is 7.26. The van der Waals surface area contributed by atoms with Gasteiger partial charge in [0.2, 0.25) is 5.76 Å². The maximum absolute atomic E-state index is 13.2. The lowest BCUT2D eigenvalue weighted by atomic mass is 9.90. The third kappa shape index (κ3) is 3.74. The fraction of sp³-hybridized carbons (Fsp3) is 0.217. The number of methoxy groups -OCH3 is 1. The zero-order valence-electron chi connectivity index (χ0n) is 16.8. The number of rotatable bonds is 4. The van der Waals surface area contributed by atoms with Gasteiger partial charge in [0.25, 0.3) is 5.91 Å². The number of carbonyl (C=O) groups excluding carboxylic acids is 1. The summed E-state index contributed by atoms with van der Waals surface area (Å²) in [7, 11) is 1.57. The molecule has 0 unspecified atom stereocenters. The van der Waals surface area contributed by atoms with E-state index in [1.165, 1.54) is 6.07 Å². The Morgan fingerprint density at radius 2 is 1.93 bits per heavy atom. The first kappa shape index (κ1) is 19.6. The molecule has 2 N–H and O–H groups in total. The van der Waals surface area contributed by atoms with Crippen LogP contribution in [0.15, 0.2) is 53.0 Å². The molecule has 1 amide bonds. The molecule has 0 spiro atoms. The van der Waals surface area contributed by atoms with Gasteiger partial charge in [-0.3, -0.25) is 4.79 Å². The maximum atomic E-state index is 13.2. The molecule has 1 aliphatic heterocycles. The molecule has 0 fully saturated rings. The summed E-state index contributed by atoms with van der Waals surface area (Å²) in [6.07, 6.45) is 1.90. The number of aromatic carboxylic acids is 1. The molecule has 2 aromatic carbocycles. The number of ether oxygens (including phenoxy) is 2. The summed E-state index contributed by atoms with van der Waals surface area (Å²) >= 11 is 0.